The van der Waals surface area contributed by atoms with Crippen LogP contribution in [0.15, 0.2) is 60.9 Å². The van der Waals surface area contributed by atoms with Crippen LogP contribution in [0.2, 0.25) is 0 Å². The van der Waals surface area contributed by atoms with Gasteiger partial charge in [-0.05, 0) is 48.6 Å². The molecule has 29 heavy (non-hydrogen) atoms. The van der Waals surface area contributed by atoms with Crippen molar-refractivity contribution in [2.45, 2.75) is 19.4 Å². The molecule has 2 aromatic carbocycles. The van der Waals surface area contributed by atoms with Crippen LogP contribution in [-0.4, -0.2) is 29.7 Å². The molecule has 1 aliphatic carbocycles. The fourth-order valence-electron chi connectivity index (χ4n) is 2.78. The number of rotatable bonds is 8. The van der Waals surface area contributed by atoms with E-state index in [-0.39, 0.29) is 5.97 Å². The van der Waals surface area contributed by atoms with Gasteiger partial charge in [0.1, 0.15) is 12.4 Å². The first kappa shape index (κ1) is 18.9. The van der Waals surface area contributed by atoms with Gasteiger partial charge in [0.15, 0.2) is 11.6 Å². The number of hydrogen-bond acceptors (Lipinski definition) is 6. The van der Waals surface area contributed by atoms with Gasteiger partial charge in [0.25, 0.3) is 0 Å². The first-order chi connectivity index (χ1) is 14.2. The lowest BCUT2D eigenvalue weighted by atomic mass is 10.1. The molecule has 1 saturated carbocycles. The van der Waals surface area contributed by atoms with E-state index in [2.05, 4.69) is 9.97 Å². The average molecular weight is 390 g/mol. The van der Waals surface area contributed by atoms with Crippen molar-refractivity contribution in [2.75, 3.05) is 13.7 Å². The first-order valence-electron chi connectivity index (χ1n) is 9.56. The van der Waals surface area contributed by atoms with Gasteiger partial charge in [-0.25, -0.2) is 14.8 Å². The summed E-state index contributed by atoms with van der Waals surface area (Å²) in [7, 11) is 1.37. The van der Waals surface area contributed by atoms with E-state index in [0.29, 0.717) is 29.7 Å². The summed E-state index contributed by atoms with van der Waals surface area (Å²) in [4.78, 5) is 20.3. The number of carbonyl (C=O) groups excluding carboxylic acids is 1. The van der Waals surface area contributed by atoms with E-state index in [1.807, 2.05) is 36.4 Å². The van der Waals surface area contributed by atoms with Gasteiger partial charge in [-0.15, -0.1) is 0 Å². The Hall–Kier alpha value is -3.41. The van der Waals surface area contributed by atoms with Crippen molar-refractivity contribution in [1.29, 1.82) is 0 Å². The molecule has 1 fully saturated rings. The summed E-state index contributed by atoms with van der Waals surface area (Å²) in [5.41, 5.74) is 2.34. The monoisotopic (exact) mass is 390 g/mol. The number of benzene rings is 2. The molecule has 0 bridgehead atoms. The average Bonchev–Trinajstić information content (AvgIpc) is 3.61. The topological polar surface area (TPSA) is 70.5 Å². The Morgan fingerprint density at radius 2 is 1.76 bits per heavy atom. The summed E-state index contributed by atoms with van der Waals surface area (Å²) < 4.78 is 16.3. The third-order valence-corrected chi connectivity index (χ3v) is 4.68. The first-order valence-corrected chi connectivity index (χ1v) is 9.56. The van der Waals surface area contributed by atoms with Crippen molar-refractivity contribution in [3.8, 4) is 22.9 Å². The minimum Gasteiger partial charge on any atom is -0.490 e. The fourth-order valence-corrected chi connectivity index (χ4v) is 2.78. The molecular weight excluding hydrogens is 368 g/mol. The number of methoxy groups -OCH3 is 1. The quantitative estimate of drug-likeness (QED) is 0.534. The highest BCUT2D eigenvalue weighted by Crippen LogP contribution is 2.29. The van der Waals surface area contributed by atoms with Gasteiger partial charge >= 0.3 is 5.97 Å². The zero-order chi connectivity index (χ0) is 20.1. The Bertz CT molecular complexity index is 967. The Morgan fingerprint density at radius 3 is 2.45 bits per heavy atom. The Morgan fingerprint density at radius 1 is 1.00 bits per heavy atom. The van der Waals surface area contributed by atoms with E-state index >= 15 is 0 Å². The highest BCUT2D eigenvalue weighted by molar-refractivity contribution is 5.89. The molecule has 4 rings (SSSR count). The summed E-state index contributed by atoms with van der Waals surface area (Å²) in [5, 5.41) is 0. The normalized spacial score (nSPS) is 13.0. The second-order valence-corrected chi connectivity index (χ2v) is 7.00. The molecule has 0 unspecified atom stereocenters. The van der Waals surface area contributed by atoms with Crippen LogP contribution in [0, 0.1) is 5.92 Å². The van der Waals surface area contributed by atoms with Gasteiger partial charge < -0.3 is 14.2 Å². The highest BCUT2D eigenvalue weighted by atomic mass is 16.5. The van der Waals surface area contributed by atoms with Crippen molar-refractivity contribution in [3.63, 3.8) is 0 Å². The molecule has 6 nitrogen and oxygen atoms in total. The smallest absolute Gasteiger partial charge is 0.337 e. The molecular formula is C23H22N2O4. The van der Waals surface area contributed by atoms with Crippen LogP contribution in [0.3, 0.4) is 0 Å². The molecule has 0 N–H and O–H groups in total. The number of carbonyl (C=O) groups is 1. The highest BCUT2D eigenvalue weighted by Gasteiger charge is 2.22. The van der Waals surface area contributed by atoms with Gasteiger partial charge in [-0.2, -0.15) is 0 Å². The van der Waals surface area contributed by atoms with Crippen molar-refractivity contribution >= 4 is 5.97 Å². The largest absolute Gasteiger partial charge is 0.490 e. The van der Waals surface area contributed by atoms with Crippen LogP contribution in [-0.2, 0) is 11.3 Å². The molecule has 3 aromatic rings. The maximum atomic E-state index is 11.5. The van der Waals surface area contributed by atoms with Gasteiger partial charge in [0.05, 0.1) is 31.7 Å². The Labute approximate surface area is 169 Å². The molecule has 0 saturated heterocycles. The van der Waals surface area contributed by atoms with Crippen LogP contribution >= 0.6 is 0 Å². The van der Waals surface area contributed by atoms with E-state index in [1.54, 1.807) is 24.5 Å². The van der Waals surface area contributed by atoms with E-state index in [0.717, 1.165) is 23.5 Å². The van der Waals surface area contributed by atoms with Gasteiger partial charge in [0.2, 0.25) is 0 Å². The van der Waals surface area contributed by atoms with Gasteiger partial charge in [-0.3, -0.25) is 0 Å². The Balaban J connectivity index is 1.37. The van der Waals surface area contributed by atoms with Crippen LogP contribution in [0.1, 0.15) is 28.8 Å². The molecule has 0 radical (unpaired) electrons. The van der Waals surface area contributed by atoms with Crippen molar-refractivity contribution in [3.05, 3.63) is 72.1 Å². The predicted molar refractivity (Wildman–Crippen MR) is 108 cm³/mol. The molecule has 0 aliphatic heterocycles. The number of aromatic nitrogens is 2. The zero-order valence-corrected chi connectivity index (χ0v) is 16.2. The SMILES string of the molecule is COC(=O)c1ccc(COc2cccc(-c3ncc(OCC4CC4)cn3)c2)cc1. The maximum Gasteiger partial charge on any atom is 0.337 e. The van der Waals surface area contributed by atoms with Crippen molar-refractivity contribution < 1.29 is 19.0 Å². The molecule has 6 heteroatoms. The third kappa shape index (κ3) is 5.10. The molecule has 0 atom stereocenters. The van der Waals surface area contributed by atoms with E-state index in [1.165, 1.54) is 20.0 Å². The molecule has 0 spiro atoms. The van der Waals surface area contributed by atoms with E-state index in [9.17, 15) is 4.79 Å². The fraction of sp³-hybridized carbons (Fsp3) is 0.261. The number of hydrogen-bond donors (Lipinski definition) is 0. The van der Waals surface area contributed by atoms with Gasteiger partial charge in [0, 0.05) is 5.56 Å². The summed E-state index contributed by atoms with van der Waals surface area (Å²) in [6, 6.07) is 14.8. The van der Waals surface area contributed by atoms with E-state index < -0.39 is 0 Å². The molecule has 1 aromatic heterocycles. The number of nitrogens with zero attached hydrogens (tertiary/aromatic N) is 2. The summed E-state index contributed by atoms with van der Waals surface area (Å²) in [5.74, 6) is 2.38. The second-order valence-electron chi connectivity index (χ2n) is 7.00. The predicted octanol–water partition coefficient (Wildman–Crippen LogP) is 4.30. The van der Waals surface area contributed by atoms with Crippen molar-refractivity contribution in [2.24, 2.45) is 5.92 Å². The molecule has 0 amide bonds. The van der Waals surface area contributed by atoms with Gasteiger partial charge in [-0.1, -0.05) is 24.3 Å². The Kier molecular flexibility index (Phi) is 5.70. The van der Waals surface area contributed by atoms with Crippen molar-refractivity contribution in [1.82, 2.24) is 9.97 Å². The summed E-state index contributed by atoms with van der Waals surface area (Å²) in [6.07, 6.45) is 5.92. The maximum absolute atomic E-state index is 11.5. The zero-order valence-electron chi connectivity index (χ0n) is 16.2. The van der Waals surface area contributed by atoms with Crippen LogP contribution in [0.4, 0.5) is 0 Å². The lowest BCUT2D eigenvalue weighted by molar-refractivity contribution is 0.0600. The second kappa shape index (κ2) is 8.73. The summed E-state index contributed by atoms with van der Waals surface area (Å²) in [6.45, 7) is 1.13. The molecule has 148 valence electrons. The minimum atomic E-state index is -0.353. The van der Waals surface area contributed by atoms with Crippen LogP contribution in [0.5, 0.6) is 11.5 Å². The lowest BCUT2D eigenvalue weighted by Gasteiger charge is -2.09. The minimum absolute atomic E-state index is 0.353. The summed E-state index contributed by atoms with van der Waals surface area (Å²) >= 11 is 0. The molecule has 1 heterocycles. The van der Waals surface area contributed by atoms with Crippen LogP contribution < -0.4 is 9.47 Å². The number of ether oxygens (including phenoxy) is 3. The third-order valence-electron chi connectivity index (χ3n) is 4.68. The van der Waals surface area contributed by atoms with Crippen LogP contribution in [0.25, 0.3) is 11.4 Å². The standard InChI is InChI=1S/C23H22N2O4/c1-27-23(26)18-9-7-17(8-10-18)14-28-20-4-2-3-19(11-20)22-24-12-21(13-25-22)29-15-16-5-6-16/h2-4,7-13,16H,5-6,14-15H2,1H3. The molecule has 1 aliphatic rings. The van der Waals surface area contributed by atoms with E-state index in [4.69, 9.17) is 14.2 Å². The lowest BCUT2D eigenvalue weighted by Crippen LogP contribution is -2.02. The number of esters is 1.